The first kappa shape index (κ1) is 10.4. The van der Waals surface area contributed by atoms with Crippen molar-refractivity contribution < 1.29 is 9.59 Å². The topological polar surface area (TPSA) is 60.2 Å². The van der Waals surface area contributed by atoms with Gasteiger partial charge in [0.15, 0.2) is 0 Å². The molecule has 1 rings (SSSR count). The molecule has 0 aromatic heterocycles. The molecule has 0 saturated carbocycles. The molecule has 0 fully saturated rings. The monoisotopic (exact) mass is 191 g/mol. The SMILES string of the molecule is CCCc1ccc(C(=O)C(N)=O)cc1. The minimum absolute atomic E-state index is 0.359. The van der Waals surface area contributed by atoms with Crippen LogP contribution >= 0.6 is 0 Å². The van der Waals surface area contributed by atoms with E-state index >= 15 is 0 Å². The highest BCUT2D eigenvalue weighted by atomic mass is 16.2. The predicted molar refractivity (Wildman–Crippen MR) is 54.0 cm³/mol. The van der Waals surface area contributed by atoms with E-state index in [9.17, 15) is 9.59 Å². The second kappa shape index (κ2) is 4.56. The Hall–Kier alpha value is -1.64. The molecule has 0 radical (unpaired) electrons. The maximum absolute atomic E-state index is 11.1. The zero-order valence-electron chi connectivity index (χ0n) is 8.12. The van der Waals surface area contributed by atoms with Gasteiger partial charge in [0.2, 0.25) is 5.78 Å². The molecule has 3 heteroatoms. The number of primary amides is 1. The number of hydrogen-bond donors (Lipinski definition) is 1. The van der Waals surface area contributed by atoms with E-state index in [2.05, 4.69) is 6.92 Å². The van der Waals surface area contributed by atoms with Gasteiger partial charge in [0.25, 0.3) is 5.91 Å². The summed E-state index contributed by atoms with van der Waals surface area (Å²) < 4.78 is 0. The van der Waals surface area contributed by atoms with Gasteiger partial charge in [0, 0.05) is 5.56 Å². The van der Waals surface area contributed by atoms with Gasteiger partial charge in [-0.25, -0.2) is 0 Å². The van der Waals surface area contributed by atoms with Crippen LogP contribution in [-0.4, -0.2) is 11.7 Å². The zero-order chi connectivity index (χ0) is 10.6. The van der Waals surface area contributed by atoms with Crippen LogP contribution in [0.4, 0.5) is 0 Å². The van der Waals surface area contributed by atoms with Gasteiger partial charge in [-0.15, -0.1) is 0 Å². The highest BCUT2D eigenvalue weighted by Gasteiger charge is 2.11. The number of ketones is 1. The van der Waals surface area contributed by atoms with E-state index in [0.29, 0.717) is 5.56 Å². The summed E-state index contributed by atoms with van der Waals surface area (Å²) in [5.74, 6) is -1.54. The standard InChI is InChI=1S/C11H13NO2/c1-2-3-8-4-6-9(7-5-8)10(13)11(12)14/h4-7H,2-3H2,1H3,(H2,12,14). The number of rotatable bonds is 4. The van der Waals surface area contributed by atoms with Crippen LogP contribution in [0.3, 0.4) is 0 Å². The van der Waals surface area contributed by atoms with Gasteiger partial charge in [-0.1, -0.05) is 37.6 Å². The number of benzene rings is 1. The fourth-order valence-corrected chi connectivity index (χ4v) is 1.25. The van der Waals surface area contributed by atoms with E-state index in [4.69, 9.17) is 5.73 Å². The van der Waals surface area contributed by atoms with Gasteiger partial charge < -0.3 is 5.73 Å². The number of hydrogen-bond acceptors (Lipinski definition) is 2. The van der Waals surface area contributed by atoms with Crippen molar-refractivity contribution in [1.29, 1.82) is 0 Å². The van der Waals surface area contributed by atoms with Gasteiger partial charge in [-0.05, 0) is 12.0 Å². The molecule has 14 heavy (non-hydrogen) atoms. The minimum Gasteiger partial charge on any atom is -0.363 e. The third-order valence-electron chi connectivity index (χ3n) is 1.98. The Morgan fingerprint density at radius 3 is 2.21 bits per heavy atom. The lowest BCUT2D eigenvalue weighted by Crippen LogP contribution is -2.22. The molecule has 0 aliphatic carbocycles. The normalized spacial score (nSPS) is 9.79. The van der Waals surface area contributed by atoms with E-state index in [1.54, 1.807) is 12.1 Å². The smallest absolute Gasteiger partial charge is 0.289 e. The molecule has 0 aliphatic heterocycles. The average molecular weight is 191 g/mol. The van der Waals surface area contributed by atoms with Crippen LogP contribution in [0.5, 0.6) is 0 Å². The maximum Gasteiger partial charge on any atom is 0.289 e. The number of carbonyl (C=O) groups is 2. The summed E-state index contributed by atoms with van der Waals surface area (Å²) in [7, 11) is 0. The molecule has 0 atom stereocenters. The lowest BCUT2D eigenvalue weighted by Gasteiger charge is -2.00. The van der Waals surface area contributed by atoms with Crippen molar-refractivity contribution >= 4 is 11.7 Å². The summed E-state index contributed by atoms with van der Waals surface area (Å²) in [6.45, 7) is 2.09. The summed E-state index contributed by atoms with van der Waals surface area (Å²) in [5.41, 5.74) is 6.40. The van der Waals surface area contributed by atoms with Crippen LogP contribution in [0, 0.1) is 0 Å². The number of Topliss-reactive ketones (excluding diaryl/α,β-unsaturated/α-hetero) is 1. The Kier molecular flexibility index (Phi) is 3.40. The molecule has 0 bridgehead atoms. The second-order valence-electron chi connectivity index (χ2n) is 3.14. The molecule has 0 heterocycles. The minimum atomic E-state index is -0.909. The molecular formula is C11H13NO2. The number of amides is 1. The first-order valence-electron chi connectivity index (χ1n) is 4.58. The molecule has 0 aliphatic rings. The molecule has 0 unspecified atom stereocenters. The van der Waals surface area contributed by atoms with Gasteiger partial charge >= 0.3 is 0 Å². The van der Waals surface area contributed by atoms with Crippen LogP contribution in [-0.2, 0) is 11.2 Å². The Bertz CT molecular complexity index is 341. The summed E-state index contributed by atoms with van der Waals surface area (Å²) in [4.78, 5) is 21.7. The average Bonchev–Trinajstić information content (AvgIpc) is 2.18. The predicted octanol–water partition coefficient (Wildman–Crippen LogP) is 1.31. The molecular weight excluding hydrogens is 178 g/mol. The van der Waals surface area contributed by atoms with Crippen molar-refractivity contribution in [3.63, 3.8) is 0 Å². The Morgan fingerprint density at radius 1 is 1.21 bits per heavy atom. The summed E-state index contributed by atoms with van der Waals surface area (Å²) >= 11 is 0. The van der Waals surface area contributed by atoms with Crippen molar-refractivity contribution in [2.24, 2.45) is 5.73 Å². The highest BCUT2D eigenvalue weighted by Crippen LogP contribution is 2.07. The van der Waals surface area contributed by atoms with E-state index in [1.165, 1.54) is 0 Å². The van der Waals surface area contributed by atoms with Gasteiger partial charge in [0.1, 0.15) is 0 Å². The van der Waals surface area contributed by atoms with E-state index in [1.807, 2.05) is 12.1 Å². The van der Waals surface area contributed by atoms with Crippen molar-refractivity contribution in [3.8, 4) is 0 Å². The van der Waals surface area contributed by atoms with Crippen LogP contribution < -0.4 is 5.73 Å². The molecule has 1 aromatic carbocycles. The maximum atomic E-state index is 11.1. The highest BCUT2D eigenvalue weighted by molar-refractivity contribution is 6.42. The van der Waals surface area contributed by atoms with Crippen LogP contribution in [0.2, 0.25) is 0 Å². The molecule has 3 nitrogen and oxygen atoms in total. The Labute approximate surface area is 82.9 Å². The molecule has 2 N–H and O–H groups in total. The number of aryl methyl sites for hydroxylation is 1. The van der Waals surface area contributed by atoms with Crippen molar-refractivity contribution in [2.45, 2.75) is 19.8 Å². The fourth-order valence-electron chi connectivity index (χ4n) is 1.25. The van der Waals surface area contributed by atoms with Crippen molar-refractivity contribution in [3.05, 3.63) is 35.4 Å². The van der Waals surface area contributed by atoms with Crippen molar-refractivity contribution in [2.75, 3.05) is 0 Å². The van der Waals surface area contributed by atoms with Gasteiger partial charge in [-0.2, -0.15) is 0 Å². The zero-order valence-corrected chi connectivity index (χ0v) is 8.12. The largest absolute Gasteiger partial charge is 0.363 e. The Balaban J connectivity index is 2.83. The summed E-state index contributed by atoms with van der Waals surface area (Å²) in [6, 6.07) is 6.97. The first-order chi connectivity index (χ1) is 6.65. The van der Waals surface area contributed by atoms with Crippen molar-refractivity contribution in [1.82, 2.24) is 0 Å². The summed E-state index contributed by atoms with van der Waals surface area (Å²) in [5, 5.41) is 0. The quantitative estimate of drug-likeness (QED) is 0.576. The van der Waals surface area contributed by atoms with Gasteiger partial charge in [-0.3, -0.25) is 9.59 Å². The molecule has 0 saturated heterocycles. The van der Waals surface area contributed by atoms with Gasteiger partial charge in [0.05, 0.1) is 0 Å². The second-order valence-corrected chi connectivity index (χ2v) is 3.14. The third kappa shape index (κ3) is 2.42. The number of carbonyl (C=O) groups excluding carboxylic acids is 2. The third-order valence-corrected chi connectivity index (χ3v) is 1.98. The van der Waals surface area contributed by atoms with Crippen LogP contribution in [0.15, 0.2) is 24.3 Å². The van der Waals surface area contributed by atoms with E-state index < -0.39 is 11.7 Å². The molecule has 1 amide bonds. The molecule has 0 spiro atoms. The fraction of sp³-hybridized carbons (Fsp3) is 0.273. The lowest BCUT2D eigenvalue weighted by molar-refractivity contribution is -0.114. The van der Waals surface area contributed by atoms with Crippen LogP contribution in [0.25, 0.3) is 0 Å². The lowest BCUT2D eigenvalue weighted by atomic mass is 10.1. The molecule has 74 valence electrons. The van der Waals surface area contributed by atoms with E-state index in [0.717, 1.165) is 18.4 Å². The first-order valence-corrected chi connectivity index (χ1v) is 4.58. The number of nitrogens with two attached hydrogens (primary N) is 1. The van der Waals surface area contributed by atoms with E-state index in [-0.39, 0.29) is 0 Å². The Morgan fingerprint density at radius 2 is 1.79 bits per heavy atom. The molecule has 1 aromatic rings. The van der Waals surface area contributed by atoms with Crippen LogP contribution in [0.1, 0.15) is 29.3 Å². The summed E-state index contributed by atoms with van der Waals surface area (Å²) in [6.07, 6.45) is 2.04.